The molecule has 0 aliphatic carbocycles. The van der Waals surface area contributed by atoms with Crippen molar-refractivity contribution in [1.29, 1.82) is 0 Å². The van der Waals surface area contributed by atoms with Gasteiger partial charge >= 0.3 is 0 Å². The summed E-state index contributed by atoms with van der Waals surface area (Å²) < 4.78 is 27.0. The molecule has 25 heavy (non-hydrogen) atoms. The van der Waals surface area contributed by atoms with Gasteiger partial charge in [-0.3, -0.25) is 4.79 Å². The third-order valence-electron chi connectivity index (χ3n) is 3.91. The SMILES string of the molecule is Cc1ccc(S(=O)(=O)NCCC(=O)Nc2cc(Cl)ccc2C)cc1C. The Morgan fingerprint density at radius 1 is 1.00 bits per heavy atom. The molecule has 0 atom stereocenters. The molecule has 2 aromatic carbocycles. The molecule has 0 heterocycles. The summed E-state index contributed by atoms with van der Waals surface area (Å²) >= 11 is 5.91. The van der Waals surface area contributed by atoms with Gasteiger partial charge in [-0.15, -0.1) is 0 Å². The van der Waals surface area contributed by atoms with Crippen molar-refractivity contribution in [3.63, 3.8) is 0 Å². The molecule has 2 N–H and O–H groups in total. The van der Waals surface area contributed by atoms with Crippen LogP contribution in [0, 0.1) is 20.8 Å². The van der Waals surface area contributed by atoms with Crippen LogP contribution in [0.15, 0.2) is 41.3 Å². The Kier molecular flexibility index (Phi) is 6.21. The first-order valence-corrected chi connectivity index (χ1v) is 9.68. The molecular formula is C18H21ClN2O3S. The van der Waals surface area contributed by atoms with E-state index in [2.05, 4.69) is 10.0 Å². The number of hydrogen-bond acceptors (Lipinski definition) is 3. The molecule has 0 radical (unpaired) electrons. The predicted octanol–water partition coefficient (Wildman–Crippen LogP) is 3.57. The van der Waals surface area contributed by atoms with E-state index in [1.54, 1.807) is 36.4 Å². The highest BCUT2D eigenvalue weighted by Crippen LogP contribution is 2.20. The van der Waals surface area contributed by atoms with Gasteiger partial charge in [0, 0.05) is 23.7 Å². The lowest BCUT2D eigenvalue weighted by Crippen LogP contribution is -2.28. The lowest BCUT2D eigenvalue weighted by molar-refractivity contribution is -0.116. The molecule has 5 nitrogen and oxygen atoms in total. The zero-order valence-electron chi connectivity index (χ0n) is 14.4. The molecule has 0 aliphatic rings. The number of nitrogens with one attached hydrogen (secondary N) is 2. The van der Waals surface area contributed by atoms with E-state index in [0.29, 0.717) is 10.7 Å². The number of amides is 1. The van der Waals surface area contributed by atoms with Crippen LogP contribution < -0.4 is 10.0 Å². The van der Waals surface area contributed by atoms with Gasteiger partial charge in [0.05, 0.1) is 4.90 Å². The van der Waals surface area contributed by atoms with Gasteiger partial charge < -0.3 is 5.32 Å². The molecule has 2 rings (SSSR count). The monoisotopic (exact) mass is 380 g/mol. The quantitative estimate of drug-likeness (QED) is 0.804. The molecule has 2 aromatic rings. The molecule has 134 valence electrons. The molecular weight excluding hydrogens is 360 g/mol. The summed E-state index contributed by atoms with van der Waals surface area (Å²) in [5.74, 6) is -0.284. The molecule has 0 fully saturated rings. The molecule has 1 amide bonds. The summed E-state index contributed by atoms with van der Waals surface area (Å²) in [7, 11) is -3.63. The number of sulfonamides is 1. The first-order chi connectivity index (χ1) is 11.7. The number of carbonyl (C=O) groups excluding carboxylic acids is 1. The number of benzene rings is 2. The summed E-state index contributed by atoms with van der Waals surface area (Å²) in [6.07, 6.45) is 0.0238. The second-order valence-corrected chi connectivity index (χ2v) is 8.10. The number of aryl methyl sites for hydroxylation is 3. The summed E-state index contributed by atoms with van der Waals surface area (Å²) in [5.41, 5.74) is 3.43. The minimum atomic E-state index is -3.63. The van der Waals surface area contributed by atoms with Crippen LogP contribution in [0.1, 0.15) is 23.1 Å². The van der Waals surface area contributed by atoms with E-state index >= 15 is 0 Å². The Morgan fingerprint density at radius 3 is 2.36 bits per heavy atom. The fourth-order valence-electron chi connectivity index (χ4n) is 2.20. The molecule has 0 spiro atoms. The van der Waals surface area contributed by atoms with Crippen molar-refractivity contribution >= 4 is 33.2 Å². The molecule has 0 saturated heterocycles. The summed E-state index contributed by atoms with van der Waals surface area (Å²) in [6.45, 7) is 5.64. The second-order valence-electron chi connectivity index (χ2n) is 5.90. The Balaban J connectivity index is 1.93. The van der Waals surface area contributed by atoms with Crippen molar-refractivity contribution in [3.05, 3.63) is 58.1 Å². The van der Waals surface area contributed by atoms with Gasteiger partial charge in [0.1, 0.15) is 0 Å². The van der Waals surface area contributed by atoms with E-state index in [1.165, 1.54) is 0 Å². The maximum atomic E-state index is 12.3. The standard InChI is InChI=1S/C18H21ClN2O3S/c1-12-5-7-16(10-14(12)3)25(23,24)20-9-8-18(22)21-17-11-15(19)6-4-13(17)2/h4-7,10-11,20H,8-9H2,1-3H3,(H,21,22). The van der Waals surface area contributed by atoms with Crippen molar-refractivity contribution in [2.24, 2.45) is 0 Å². The second kappa shape index (κ2) is 7.99. The molecule has 0 aliphatic heterocycles. The summed E-state index contributed by atoms with van der Waals surface area (Å²) in [6, 6.07) is 10.1. The van der Waals surface area contributed by atoms with E-state index in [1.807, 2.05) is 20.8 Å². The van der Waals surface area contributed by atoms with Crippen molar-refractivity contribution < 1.29 is 13.2 Å². The highest BCUT2D eigenvalue weighted by atomic mass is 35.5. The van der Waals surface area contributed by atoms with Crippen LogP contribution >= 0.6 is 11.6 Å². The van der Waals surface area contributed by atoms with Gasteiger partial charge in [-0.05, 0) is 61.7 Å². The van der Waals surface area contributed by atoms with E-state index in [-0.39, 0.29) is 23.8 Å². The van der Waals surface area contributed by atoms with Crippen LogP contribution in [0.2, 0.25) is 5.02 Å². The van der Waals surface area contributed by atoms with Gasteiger partial charge in [0.15, 0.2) is 0 Å². The van der Waals surface area contributed by atoms with E-state index in [4.69, 9.17) is 11.6 Å². The largest absolute Gasteiger partial charge is 0.326 e. The Bertz CT molecular complexity index is 895. The first-order valence-electron chi connectivity index (χ1n) is 7.82. The van der Waals surface area contributed by atoms with Gasteiger partial charge in [-0.25, -0.2) is 13.1 Å². The summed E-state index contributed by atoms with van der Waals surface area (Å²) in [5, 5.41) is 3.26. The topological polar surface area (TPSA) is 75.3 Å². The van der Waals surface area contributed by atoms with Crippen molar-refractivity contribution in [3.8, 4) is 0 Å². The van der Waals surface area contributed by atoms with Crippen LogP contribution in [-0.4, -0.2) is 20.9 Å². The number of rotatable bonds is 6. The third kappa shape index (κ3) is 5.29. The fraction of sp³-hybridized carbons (Fsp3) is 0.278. The fourth-order valence-corrected chi connectivity index (χ4v) is 3.49. The zero-order valence-corrected chi connectivity index (χ0v) is 16.0. The molecule has 7 heteroatoms. The van der Waals surface area contributed by atoms with E-state index in [9.17, 15) is 13.2 Å². The lowest BCUT2D eigenvalue weighted by atomic mass is 10.1. The van der Waals surface area contributed by atoms with Crippen molar-refractivity contribution in [2.75, 3.05) is 11.9 Å². The van der Waals surface area contributed by atoms with Crippen LogP contribution in [0.25, 0.3) is 0 Å². The molecule has 0 bridgehead atoms. The zero-order chi connectivity index (χ0) is 18.6. The minimum Gasteiger partial charge on any atom is -0.326 e. The smallest absolute Gasteiger partial charge is 0.240 e. The average Bonchev–Trinajstić information content (AvgIpc) is 2.53. The molecule has 0 saturated carbocycles. The molecule has 0 aromatic heterocycles. The predicted molar refractivity (Wildman–Crippen MR) is 101 cm³/mol. The number of halogens is 1. The highest BCUT2D eigenvalue weighted by molar-refractivity contribution is 7.89. The maximum absolute atomic E-state index is 12.3. The number of anilines is 1. The Labute approximate surface area is 153 Å². The van der Waals surface area contributed by atoms with Crippen LogP contribution in [-0.2, 0) is 14.8 Å². The van der Waals surface area contributed by atoms with Crippen LogP contribution in [0.3, 0.4) is 0 Å². The number of carbonyl (C=O) groups is 1. The van der Waals surface area contributed by atoms with E-state index < -0.39 is 10.0 Å². The maximum Gasteiger partial charge on any atom is 0.240 e. The molecule has 0 unspecified atom stereocenters. The Hall–Kier alpha value is -1.89. The van der Waals surface area contributed by atoms with Crippen LogP contribution in [0.5, 0.6) is 0 Å². The van der Waals surface area contributed by atoms with Crippen molar-refractivity contribution in [2.45, 2.75) is 32.1 Å². The van der Waals surface area contributed by atoms with Gasteiger partial charge in [-0.2, -0.15) is 0 Å². The normalized spacial score (nSPS) is 11.4. The minimum absolute atomic E-state index is 0.0146. The van der Waals surface area contributed by atoms with Crippen molar-refractivity contribution in [1.82, 2.24) is 4.72 Å². The van der Waals surface area contributed by atoms with Gasteiger partial charge in [0.2, 0.25) is 15.9 Å². The average molecular weight is 381 g/mol. The summed E-state index contributed by atoms with van der Waals surface area (Å²) in [4.78, 5) is 12.2. The third-order valence-corrected chi connectivity index (χ3v) is 5.60. The van der Waals surface area contributed by atoms with Crippen LogP contribution in [0.4, 0.5) is 5.69 Å². The van der Waals surface area contributed by atoms with Gasteiger partial charge in [-0.1, -0.05) is 23.7 Å². The number of hydrogen-bond donors (Lipinski definition) is 2. The first kappa shape index (κ1) is 19.4. The Morgan fingerprint density at radius 2 is 1.68 bits per heavy atom. The van der Waals surface area contributed by atoms with Gasteiger partial charge in [0.25, 0.3) is 0 Å². The van der Waals surface area contributed by atoms with E-state index in [0.717, 1.165) is 16.7 Å². The lowest BCUT2D eigenvalue weighted by Gasteiger charge is -2.10. The highest BCUT2D eigenvalue weighted by Gasteiger charge is 2.15.